The Morgan fingerprint density at radius 3 is 2.41 bits per heavy atom. The predicted octanol–water partition coefficient (Wildman–Crippen LogP) is 6.17. The van der Waals surface area contributed by atoms with Gasteiger partial charge in [-0.3, -0.25) is 4.79 Å². The molecule has 0 atom stereocenters. The highest BCUT2D eigenvalue weighted by Crippen LogP contribution is 2.29. The van der Waals surface area contributed by atoms with E-state index in [2.05, 4.69) is 11.9 Å². The second kappa shape index (κ2) is 10.5. The fraction of sp³-hybridized carbons (Fsp3) is 0.321. The number of para-hydroxylation sites is 1. The van der Waals surface area contributed by atoms with Gasteiger partial charge in [0.1, 0.15) is 5.75 Å². The number of benzene rings is 2. The van der Waals surface area contributed by atoms with Crippen LogP contribution in [0.25, 0.3) is 17.0 Å². The Labute approximate surface area is 200 Å². The SMILES string of the molecule is CCCCOc1nc2ccccc2cc1C(=O)/C=C/c1cc(C)c(OC(C)(C)C(=O)O)c(C)c1. The second-order valence-electron chi connectivity index (χ2n) is 8.83. The highest BCUT2D eigenvalue weighted by atomic mass is 16.5. The van der Waals surface area contributed by atoms with E-state index in [1.165, 1.54) is 19.9 Å². The molecule has 2 aromatic carbocycles. The van der Waals surface area contributed by atoms with Crippen LogP contribution < -0.4 is 9.47 Å². The van der Waals surface area contributed by atoms with Crippen LogP contribution in [0.4, 0.5) is 0 Å². The first-order valence-corrected chi connectivity index (χ1v) is 11.4. The molecule has 0 radical (unpaired) electrons. The largest absolute Gasteiger partial charge is 0.478 e. The highest BCUT2D eigenvalue weighted by molar-refractivity contribution is 6.10. The lowest BCUT2D eigenvalue weighted by atomic mass is 10.0. The Bertz CT molecular complexity index is 1220. The third kappa shape index (κ3) is 5.81. The second-order valence-corrected chi connectivity index (χ2v) is 8.83. The Kier molecular flexibility index (Phi) is 7.72. The molecular formula is C28H31NO5. The molecule has 0 saturated carbocycles. The number of fused-ring (bicyclic) bond motifs is 1. The van der Waals surface area contributed by atoms with Gasteiger partial charge in [0.2, 0.25) is 5.88 Å². The number of aliphatic carboxylic acids is 1. The van der Waals surface area contributed by atoms with Gasteiger partial charge in [0, 0.05) is 5.39 Å². The summed E-state index contributed by atoms with van der Waals surface area (Å²) in [6, 6.07) is 13.2. The van der Waals surface area contributed by atoms with E-state index in [1.807, 2.05) is 56.3 Å². The molecule has 1 heterocycles. The van der Waals surface area contributed by atoms with E-state index in [1.54, 1.807) is 6.08 Å². The summed E-state index contributed by atoms with van der Waals surface area (Å²) in [5.74, 6) is -0.371. The molecule has 1 N–H and O–H groups in total. The zero-order chi connectivity index (χ0) is 24.9. The van der Waals surface area contributed by atoms with E-state index in [9.17, 15) is 14.7 Å². The number of unbranched alkanes of at least 4 members (excludes halogenated alkanes) is 1. The Balaban J connectivity index is 1.89. The molecule has 3 rings (SSSR count). The van der Waals surface area contributed by atoms with E-state index in [-0.39, 0.29) is 5.78 Å². The molecule has 0 aliphatic carbocycles. The smallest absolute Gasteiger partial charge is 0.347 e. The summed E-state index contributed by atoms with van der Waals surface area (Å²) in [6.07, 6.45) is 5.11. The van der Waals surface area contributed by atoms with E-state index in [0.29, 0.717) is 23.8 Å². The van der Waals surface area contributed by atoms with Crippen molar-refractivity contribution in [3.05, 3.63) is 70.8 Å². The van der Waals surface area contributed by atoms with Crippen molar-refractivity contribution in [2.45, 2.75) is 53.1 Å². The lowest BCUT2D eigenvalue weighted by Gasteiger charge is -2.24. The van der Waals surface area contributed by atoms with E-state index in [0.717, 1.165) is 40.4 Å². The standard InChI is InChI=1S/C28H31NO5/c1-6-7-14-33-26-22(17-21-10-8-9-11-23(21)29-26)24(30)13-12-20-15-18(2)25(19(3)16-20)34-28(4,5)27(31)32/h8-13,15-17H,6-7,14H2,1-5H3,(H,31,32)/b13-12+. The summed E-state index contributed by atoms with van der Waals surface area (Å²) in [5.41, 5.74) is 2.24. The quantitative estimate of drug-likeness (QED) is 0.221. The molecule has 6 heteroatoms. The maximum atomic E-state index is 13.1. The average molecular weight is 462 g/mol. The number of rotatable bonds is 10. The lowest BCUT2D eigenvalue weighted by molar-refractivity contribution is -0.152. The molecule has 3 aromatic rings. The number of allylic oxidation sites excluding steroid dienone is 1. The van der Waals surface area contributed by atoms with Gasteiger partial charge >= 0.3 is 5.97 Å². The van der Waals surface area contributed by atoms with Gasteiger partial charge in [-0.1, -0.05) is 37.6 Å². The number of ketones is 1. The van der Waals surface area contributed by atoms with Gasteiger partial charge in [0.05, 0.1) is 17.7 Å². The van der Waals surface area contributed by atoms with Gasteiger partial charge in [-0.2, -0.15) is 0 Å². The minimum Gasteiger partial charge on any atom is -0.478 e. The Morgan fingerprint density at radius 2 is 1.76 bits per heavy atom. The minimum atomic E-state index is -1.35. The van der Waals surface area contributed by atoms with Crippen molar-refractivity contribution in [1.29, 1.82) is 0 Å². The van der Waals surface area contributed by atoms with Crippen molar-refractivity contribution in [3.8, 4) is 11.6 Å². The summed E-state index contributed by atoms with van der Waals surface area (Å²) >= 11 is 0. The third-order valence-corrected chi connectivity index (χ3v) is 5.47. The molecule has 0 aliphatic rings. The van der Waals surface area contributed by atoms with Crippen molar-refractivity contribution in [3.63, 3.8) is 0 Å². The van der Waals surface area contributed by atoms with Crippen LogP contribution >= 0.6 is 0 Å². The monoisotopic (exact) mass is 461 g/mol. The average Bonchev–Trinajstić information content (AvgIpc) is 2.79. The number of aromatic nitrogens is 1. The fourth-order valence-corrected chi connectivity index (χ4v) is 3.50. The minimum absolute atomic E-state index is 0.201. The number of carboxylic acids is 1. The molecule has 0 bridgehead atoms. The van der Waals surface area contributed by atoms with Crippen LogP contribution in [0, 0.1) is 13.8 Å². The summed E-state index contributed by atoms with van der Waals surface area (Å²) in [7, 11) is 0. The van der Waals surface area contributed by atoms with Crippen LogP contribution in [-0.2, 0) is 4.79 Å². The van der Waals surface area contributed by atoms with Gasteiger partial charge < -0.3 is 14.6 Å². The first kappa shape index (κ1) is 25.0. The molecule has 0 amide bonds. The maximum Gasteiger partial charge on any atom is 0.347 e. The number of ether oxygens (including phenoxy) is 2. The Morgan fingerprint density at radius 1 is 1.09 bits per heavy atom. The molecule has 1 aromatic heterocycles. The summed E-state index contributed by atoms with van der Waals surface area (Å²) < 4.78 is 11.6. The molecule has 0 spiro atoms. The van der Waals surface area contributed by atoms with Gasteiger partial charge in [0.15, 0.2) is 11.4 Å². The molecule has 0 unspecified atom stereocenters. The molecule has 178 valence electrons. The number of pyridine rings is 1. The first-order valence-electron chi connectivity index (χ1n) is 11.4. The van der Waals surface area contributed by atoms with E-state index < -0.39 is 11.6 Å². The van der Waals surface area contributed by atoms with Crippen molar-refractivity contribution in [1.82, 2.24) is 4.98 Å². The summed E-state index contributed by atoms with van der Waals surface area (Å²) in [6.45, 7) is 9.31. The van der Waals surface area contributed by atoms with Crippen molar-refractivity contribution in [2.24, 2.45) is 0 Å². The fourth-order valence-electron chi connectivity index (χ4n) is 3.50. The van der Waals surface area contributed by atoms with Crippen molar-refractivity contribution >= 4 is 28.7 Å². The number of hydrogen-bond acceptors (Lipinski definition) is 5. The Hall–Kier alpha value is -3.67. The molecule has 0 aliphatic heterocycles. The predicted molar refractivity (Wildman–Crippen MR) is 134 cm³/mol. The van der Waals surface area contributed by atoms with Crippen LogP contribution in [0.15, 0.2) is 48.5 Å². The highest BCUT2D eigenvalue weighted by Gasteiger charge is 2.30. The summed E-state index contributed by atoms with van der Waals surface area (Å²) in [4.78, 5) is 29.1. The van der Waals surface area contributed by atoms with Crippen LogP contribution in [0.2, 0.25) is 0 Å². The molecule has 6 nitrogen and oxygen atoms in total. The van der Waals surface area contributed by atoms with E-state index in [4.69, 9.17) is 9.47 Å². The normalized spacial score (nSPS) is 11.7. The summed E-state index contributed by atoms with van der Waals surface area (Å²) in [5, 5.41) is 10.2. The number of carbonyl (C=O) groups excluding carboxylic acids is 1. The number of hydrogen-bond donors (Lipinski definition) is 1. The van der Waals surface area contributed by atoms with Gasteiger partial charge in [0.25, 0.3) is 0 Å². The number of aryl methyl sites for hydroxylation is 2. The lowest BCUT2D eigenvalue weighted by Crippen LogP contribution is -2.38. The third-order valence-electron chi connectivity index (χ3n) is 5.47. The molecule has 0 saturated heterocycles. The van der Waals surface area contributed by atoms with Crippen molar-refractivity contribution < 1.29 is 24.2 Å². The van der Waals surface area contributed by atoms with Crippen LogP contribution in [0.5, 0.6) is 11.6 Å². The van der Waals surface area contributed by atoms with E-state index >= 15 is 0 Å². The number of carbonyl (C=O) groups is 2. The van der Waals surface area contributed by atoms with Gasteiger partial charge in [-0.15, -0.1) is 0 Å². The first-order chi connectivity index (χ1) is 16.1. The van der Waals surface area contributed by atoms with Gasteiger partial charge in [-0.25, -0.2) is 9.78 Å². The number of carboxylic acid groups (broad SMARTS) is 1. The topological polar surface area (TPSA) is 85.7 Å². The van der Waals surface area contributed by atoms with Crippen molar-refractivity contribution in [2.75, 3.05) is 6.61 Å². The molecular weight excluding hydrogens is 430 g/mol. The molecule has 34 heavy (non-hydrogen) atoms. The maximum absolute atomic E-state index is 13.1. The zero-order valence-corrected chi connectivity index (χ0v) is 20.3. The van der Waals surface area contributed by atoms with Crippen LogP contribution in [0.1, 0.15) is 60.7 Å². The van der Waals surface area contributed by atoms with Crippen LogP contribution in [0.3, 0.4) is 0 Å². The molecule has 0 fully saturated rings. The van der Waals surface area contributed by atoms with Crippen LogP contribution in [-0.4, -0.2) is 34.1 Å². The number of nitrogens with zero attached hydrogens (tertiary/aromatic N) is 1. The zero-order valence-electron chi connectivity index (χ0n) is 20.3. The van der Waals surface area contributed by atoms with Gasteiger partial charge in [-0.05, 0) is 81.1 Å².